The average molecular weight is 387 g/mol. The van der Waals surface area contributed by atoms with Gasteiger partial charge >= 0.3 is 0 Å². The Morgan fingerprint density at radius 2 is 2.29 bits per heavy atom. The smallest absolute Gasteiger partial charge is 0.273 e. The van der Waals surface area contributed by atoms with Gasteiger partial charge in [0, 0.05) is 38.3 Å². The Kier molecular flexibility index (Phi) is 7.33. The fraction of sp³-hybridized carbons (Fsp3) is 0.389. The standard InChI is InChI=1S/C18H21N5O5/c1-28-16-10-14(23(26)27)5-6-15(16)21-12-13(11-19)18(25)20-7-3-9-22-8-2-4-17(22)24/h5-6,10,12,21H,2-4,7-9H2,1H3,(H,20,25)/b13-12-. The molecule has 1 heterocycles. The quantitative estimate of drug-likeness (QED) is 0.215. The Morgan fingerprint density at radius 1 is 1.50 bits per heavy atom. The van der Waals surface area contributed by atoms with Crippen LogP contribution in [-0.4, -0.2) is 48.4 Å². The fourth-order valence-electron chi connectivity index (χ4n) is 2.72. The number of ether oxygens (including phenoxy) is 1. The highest BCUT2D eigenvalue weighted by Gasteiger charge is 2.19. The number of hydrogen-bond acceptors (Lipinski definition) is 7. The maximum atomic E-state index is 12.1. The van der Waals surface area contributed by atoms with Crippen LogP contribution >= 0.6 is 0 Å². The number of amides is 2. The van der Waals surface area contributed by atoms with Crippen LogP contribution in [0.15, 0.2) is 30.0 Å². The summed E-state index contributed by atoms with van der Waals surface area (Å²) < 4.78 is 5.09. The third-order valence-corrected chi connectivity index (χ3v) is 4.19. The van der Waals surface area contributed by atoms with Crippen LogP contribution < -0.4 is 15.4 Å². The summed E-state index contributed by atoms with van der Waals surface area (Å²) in [5.41, 5.74) is 0.0833. The zero-order valence-corrected chi connectivity index (χ0v) is 15.4. The van der Waals surface area contributed by atoms with Crippen molar-refractivity contribution in [2.75, 3.05) is 32.1 Å². The predicted molar refractivity (Wildman–Crippen MR) is 100 cm³/mol. The molecule has 148 valence electrons. The third kappa shape index (κ3) is 5.44. The third-order valence-electron chi connectivity index (χ3n) is 4.19. The molecule has 1 saturated heterocycles. The maximum absolute atomic E-state index is 12.1. The number of rotatable bonds is 9. The van der Waals surface area contributed by atoms with Crippen molar-refractivity contribution < 1.29 is 19.2 Å². The van der Waals surface area contributed by atoms with Crippen molar-refractivity contribution in [3.05, 3.63) is 40.1 Å². The first kappa shape index (κ1) is 20.7. The summed E-state index contributed by atoms with van der Waals surface area (Å²) >= 11 is 0. The normalized spacial score (nSPS) is 13.8. The van der Waals surface area contributed by atoms with Crippen molar-refractivity contribution in [2.45, 2.75) is 19.3 Å². The number of nitrogens with one attached hydrogen (secondary N) is 2. The first-order valence-electron chi connectivity index (χ1n) is 8.71. The number of nitro groups is 1. The maximum Gasteiger partial charge on any atom is 0.273 e. The minimum atomic E-state index is -0.552. The van der Waals surface area contributed by atoms with E-state index in [9.17, 15) is 25.0 Å². The second-order valence-corrected chi connectivity index (χ2v) is 6.05. The van der Waals surface area contributed by atoms with Crippen LogP contribution in [0, 0.1) is 21.4 Å². The van der Waals surface area contributed by atoms with Gasteiger partial charge in [-0.2, -0.15) is 5.26 Å². The van der Waals surface area contributed by atoms with Gasteiger partial charge in [-0.05, 0) is 18.9 Å². The van der Waals surface area contributed by atoms with E-state index in [1.54, 1.807) is 11.0 Å². The molecule has 0 saturated carbocycles. The van der Waals surface area contributed by atoms with Gasteiger partial charge in [-0.1, -0.05) is 0 Å². The molecule has 1 aliphatic rings. The van der Waals surface area contributed by atoms with E-state index in [-0.39, 0.29) is 22.9 Å². The van der Waals surface area contributed by atoms with Crippen LogP contribution in [0.5, 0.6) is 5.75 Å². The number of likely N-dealkylation sites (tertiary alicyclic amines) is 1. The topological polar surface area (TPSA) is 138 Å². The summed E-state index contributed by atoms with van der Waals surface area (Å²) in [4.78, 5) is 35.6. The van der Waals surface area contributed by atoms with Crippen molar-refractivity contribution in [1.29, 1.82) is 5.26 Å². The van der Waals surface area contributed by atoms with Gasteiger partial charge in [-0.15, -0.1) is 0 Å². The van der Waals surface area contributed by atoms with Crippen LogP contribution in [0.25, 0.3) is 0 Å². The van der Waals surface area contributed by atoms with Crippen LogP contribution in [0.3, 0.4) is 0 Å². The van der Waals surface area contributed by atoms with Crippen molar-refractivity contribution in [1.82, 2.24) is 10.2 Å². The van der Waals surface area contributed by atoms with E-state index in [0.29, 0.717) is 31.6 Å². The second-order valence-electron chi connectivity index (χ2n) is 6.05. The molecule has 10 heteroatoms. The van der Waals surface area contributed by atoms with E-state index in [1.165, 1.54) is 31.5 Å². The van der Waals surface area contributed by atoms with Gasteiger partial charge in [-0.25, -0.2) is 0 Å². The minimum Gasteiger partial charge on any atom is -0.494 e. The molecule has 1 aromatic carbocycles. The highest BCUT2D eigenvalue weighted by atomic mass is 16.6. The molecule has 1 aromatic rings. The minimum absolute atomic E-state index is 0.130. The molecule has 0 aromatic heterocycles. The van der Waals surface area contributed by atoms with Gasteiger partial charge in [0.1, 0.15) is 17.4 Å². The first-order valence-corrected chi connectivity index (χ1v) is 8.71. The number of benzene rings is 1. The zero-order valence-electron chi connectivity index (χ0n) is 15.4. The molecule has 28 heavy (non-hydrogen) atoms. The van der Waals surface area contributed by atoms with Gasteiger partial charge in [0.05, 0.1) is 23.8 Å². The Hall–Kier alpha value is -3.61. The number of anilines is 1. The summed E-state index contributed by atoms with van der Waals surface area (Å²) in [6.45, 7) is 1.66. The van der Waals surface area contributed by atoms with Crippen LogP contribution in [0.1, 0.15) is 19.3 Å². The molecule has 10 nitrogen and oxygen atoms in total. The lowest BCUT2D eigenvalue weighted by atomic mass is 10.2. The van der Waals surface area contributed by atoms with E-state index in [4.69, 9.17) is 4.74 Å². The molecule has 1 fully saturated rings. The summed E-state index contributed by atoms with van der Waals surface area (Å²) in [6.07, 6.45) is 3.25. The van der Waals surface area contributed by atoms with Gasteiger partial charge < -0.3 is 20.3 Å². The second kappa shape index (κ2) is 9.91. The fourth-order valence-corrected chi connectivity index (χ4v) is 2.72. The van der Waals surface area contributed by atoms with Crippen LogP contribution in [0.4, 0.5) is 11.4 Å². The molecule has 0 bridgehead atoms. The number of carbonyl (C=O) groups excluding carboxylic acids is 2. The number of methoxy groups -OCH3 is 1. The number of hydrogen-bond donors (Lipinski definition) is 2. The molecule has 0 radical (unpaired) electrons. The number of nitro benzene ring substituents is 1. The van der Waals surface area contributed by atoms with Crippen molar-refractivity contribution in [3.63, 3.8) is 0 Å². The highest BCUT2D eigenvalue weighted by molar-refractivity contribution is 5.97. The van der Waals surface area contributed by atoms with E-state index in [2.05, 4.69) is 10.6 Å². The van der Waals surface area contributed by atoms with E-state index in [0.717, 1.165) is 13.0 Å². The van der Waals surface area contributed by atoms with Crippen molar-refractivity contribution in [2.24, 2.45) is 0 Å². The number of carbonyl (C=O) groups is 2. The van der Waals surface area contributed by atoms with Gasteiger partial charge in [-0.3, -0.25) is 19.7 Å². The zero-order chi connectivity index (χ0) is 20.5. The molecule has 2 N–H and O–H groups in total. The summed E-state index contributed by atoms with van der Waals surface area (Å²) in [5, 5.41) is 25.4. The molecule has 0 atom stereocenters. The number of nitriles is 1. The Balaban J connectivity index is 1.90. The Bertz CT molecular complexity index is 830. The number of nitrogens with zero attached hydrogens (tertiary/aromatic N) is 3. The van der Waals surface area contributed by atoms with Crippen molar-refractivity contribution in [3.8, 4) is 11.8 Å². The summed E-state index contributed by atoms with van der Waals surface area (Å²) in [7, 11) is 1.36. The molecule has 0 unspecified atom stereocenters. The van der Waals surface area contributed by atoms with Gasteiger partial charge in [0.25, 0.3) is 11.6 Å². The largest absolute Gasteiger partial charge is 0.494 e. The van der Waals surface area contributed by atoms with E-state index < -0.39 is 10.8 Å². The molecule has 2 amide bonds. The van der Waals surface area contributed by atoms with E-state index >= 15 is 0 Å². The Labute approximate surface area is 161 Å². The molecule has 2 rings (SSSR count). The van der Waals surface area contributed by atoms with Gasteiger partial charge in [0.2, 0.25) is 5.91 Å². The van der Waals surface area contributed by atoms with Crippen LogP contribution in [0.2, 0.25) is 0 Å². The monoisotopic (exact) mass is 387 g/mol. The molecule has 0 spiro atoms. The highest BCUT2D eigenvalue weighted by Crippen LogP contribution is 2.29. The van der Waals surface area contributed by atoms with Gasteiger partial charge in [0.15, 0.2) is 0 Å². The van der Waals surface area contributed by atoms with Crippen LogP contribution in [-0.2, 0) is 9.59 Å². The molecular formula is C18H21N5O5. The molecule has 0 aliphatic carbocycles. The average Bonchev–Trinajstić information content (AvgIpc) is 3.10. The number of non-ortho nitro benzene ring substituents is 1. The molecule has 1 aliphatic heterocycles. The summed E-state index contributed by atoms with van der Waals surface area (Å²) in [6, 6.07) is 5.75. The SMILES string of the molecule is COc1cc([N+](=O)[O-])ccc1N/C=C(/C#N)C(=O)NCCCN1CCCC1=O. The predicted octanol–water partition coefficient (Wildman–Crippen LogP) is 1.55. The lowest BCUT2D eigenvalue weighted by Gasteiger charge is -2.15. The first-order chi connectivity index (χ1) is 13.5. The summed E-state index contributed by atoms with van der Waals surface area (Å²) in [5.74, 6) is -0.216. The molecular weight excluding hydrogens is 366 g/mol. The lowest BCUT2D eigenvalue weighted by molar-refractivity contribution is -0.384. The van der Waals surface area contributed by atoms with E-state index in [1.807, 2.05) is 0 Å². The Morgan fingerprint density at radius 3 is 2.89 bits per heavy atom. The lowest BCUT2D eigenvalue weighted by Crippen LogP contribution is -2.31. The van der Waals surface area contributed by atoms with Crippen molar-refractivity contribution >= 4 is 23.2 Å².